The number of allylic oxidation sites excluding steroid dienone is 4. The maximum absolute atomic E-state index is 13.2. The summed E-state index contributed by atoms with van der Waals surface area (Å²) < 4.78 is 5.93. The van der Waals surface area contributed by atoms with E-state index in [9.17, 15) is 19.8 Å². The number of amides is 1. The molecule has 0 saturated carbocycles. The third kappa shape index (κ3) is 44.9. The van der Waals surface area contributed by atoms with E-state index in [1.165, 1.54) is 186 Å². The summed E-state index contributed by atoms with van der Waals surface area (Å²) in [5.41, 5.74) is 0. The molecule has 0 aromatic heterocycles. The lowest BCUT2D eigenvalue weighted by molar-refractivity contribution is -0.151. The molecule has 0 aliphatic heterocycles. The van der Waals surface area contributed by atoms with Gasteiger partial charge in [0.15, 0.2) is 0 Å². The van der Waals surface area contributed by atoms with Crippen LogP contribution in [0.1, 0.15) is 297 Å². The van der Waals surface area contributed by atoms with Crippen LogP contribution in [0.2, 0.25) is 0 Å². The molecule has 6 heteroatoms. The second kappa shape index (κ2) is 50.3. The van der Waals surface area contributed by atoms with Crippen LogP contribution in [0.25, 0.3) is 0 Å². The molecule has 0 rings (SSSR count). The Morgan fingerprint density at radius 3 is 1.19 bits per heavy atom. The van der Waals surface area contributed by atoms with Crippen molar-refractivity contribution in [2.45, 2.75) is 315 Å². The van der Waals surface area contributed by atoms with Crippen LogP contribution in [0.4, 0.5) is 0 Å². The molecule has 6 nitrogen and oxygen atoms in total. The predicted octanol–water partition coefficient (Wildman–Crippen LogP) is 16.7. The van der Waals surface area contributed by atoms with Gasteiger partial charge >= 0.3 is 5.97 Å². The van der Waals surface area contributed by atoms with E-state index in [0.717, 1.165) is 64.2 Å². The molecule has 1 amide bonds. The zero-order valence-corrected chi connectivity index (χ0v) is 41.8. The van der Waals surface area contributed by atoms with Gasteiger partial charge in [-0.2, -0.15) is 0 Å². The van der Waals surface area contributed by atoms with E-state index in [1.807, 2.05) is 0 Å². The molecule has 0 bridgehead atoms. The van der Waals surface area contributed by atoms with Crippen LogP contribution < -0.4 is 5.32 Å². The Bertz CT molecular complexity index is 981. The van der Waals surface area contributed by atoms with Crippen molar-refractivity contribution >= 4 is 11.9 Å². The average molecular weight is 874 g/mol. The number of hydrogen-bond acceptors (Lipinski definition) is 5. The maximum atomic E-state index is 13.2. The Labute approximate surface area is 386 Å². The molecular formula is C56H107NO5. The van der Waals surface area contributed by atoms with Gasteiger partial charge in [0.05, 0.1) is 25.2 Å². The molecule has 0 aliphatic rings. The number of esters is 1. The minimum Gasteiger partial charge on any atom is -0.462 e. The number of ether oxygens (including phenoxy) is 1. The molecule has 0 aliphatic carbocycles. The summed E-state index contributed by atoms with van der Waals surface area (Å²) in [5, 5.41) is 23.8. The summed E-state index contributed by atoms with van der Waals surface area (Å²) in [7, 11) is 0. The van der Waals surface area contributed by atoms with Crippen LogP contribution in [-0.4, -0.2) is 46.9 Å². The summed E-state index contributed by atoms with van der Waals surface area (Å²) in [6.07, 6.45) is 58.1. The van der Waals surface area contributed by atoms with Crippen molar-refractivity contribution in [3.05, 3.63) is 24.3 Å². The third-order valence-electron chi connectivity index (χ3n) is 12.8. The molecule has 0 aromatic carbocycles. The highest BCUT2D eigenvalue weighted by atomic mass is 16.5. The van der Waals surface area contributed by atoms with Gasteiger partial charge in [-0.25, -0.2) is 0 Å². The van der Waals surface area contributed by atoms with Gasteiger partial charge < -0.3 is 20.3 Å². The van der Waals surface area contributed by atoms with Crippen LogP contribution in [0.3, 0.4) is 0 Å². The van der Waals surface area contributed by atoms with E-state index in [1.54, 1.807) is 0 Å². The van der Waals surface area contributed by atoms with Crippen molar-refractivity contribution in [1.29, 1.82) is 0 Å². The lowest BCUT2D eigenvalue weighted by Crippen LogP contribution is -2.46. The smallest absolute Gasteiger partial charge is 0.306 e. The minimum absolute atomic E-state index is 0.0727. The number of rotatable bonds is 50. The van der Waals surface area contributed by atoms with E-state index < -0.39 is 18.2 Å². The summed E-state index contributed by atoms with van der Waals surface area (Å²) in [6.45, 7) is 6.47. The molecule has 0 saturated heterocycles. The summed E-state index contributed by atoms with van der Waals surface area (Å²) in [5.74, 6) is -0.480. The van der Waals surface area contributed by atoms with E-state index in [-0.39, 0.29) is 24.9 Å². The summed E-state index contributed by atoms with van der Waals surface area (Å²) in [6, 6.07) is -0.702. The SMILES string of the molecule is CCCC/C=C\CCCCCCCC(=O)OC(CCCCCCC/C=C/CCCCCCCC)CC(=O)NC(CO)C(O)CCCCCCCCCCCCCCCCCCC. The molecule has 3 N–H and O–H groups in total. The van der Waals surface area contributed by atoms with Gasteiger partial charge in [-0.1, -0.05) is 238 Å². The molecule has 0 radical (unpaired) electrons. The molecule has 3 atom stereocenters. The number of unbranched alkanes of at least 4 members (excludes halogenated alkanes) is 34. The Balaban J connectivity index is 4.50. The first-order chi connectivity index (χ1) is 30.5. The number of aliphatic hydroxyl groups excluding tert-OH is 2. The molecule has 3 unspecified atom stereocenters. The number of carbonyl (C=O) groups excluding carboxylic acids is 2. The number of nitrogens with one attached hydrogen (secondary N) is 1. The monoisotopic (exact) mass is 874 g/mol. The summed E-state index contributed by atoms with van der Waals surface area (Å²) in [4.78, 5) is 26.2. The minimum atomic E-state index is -0.788. The van der Waals surface area contributed by atoms with Gasteiger partial charge in [0.1, 0.15) is 6.10 Å². The van der Waals surface area contributed by atoms with Gasteiger partial charge in [-0.05, 0) is 70.6 Å². The van der Waals surface area contributed by atoms with Crippen LogP contribution in [0.15, 0.2) is 24.3 Å². The second-order valence-electron chi connectivity index (χ2n) is 19.0. The Morgan fingerprint density at radius 2 is 0.790 bits per heavy atom. The zero-order chi connectivity index (χ0) is 45.2. The Hall–Kier alpha value is -1.66. The zero-order valence-electron chi connectivity index (χ0n) is 41.8. The van der Waals surface area contributed by atoms with E-state index >= 15 is 0 Å². The number of carbonyl (C=O) groups is 2. The topological polar surface area (TPSA) is 95.9 Å². The quantitative estimate of drug-likeness (QED) is 0.0321. The van der Waals surface area contributed by atoms with Crippen molar-refractivity contribution in [2.75, 3.05) is 6.61 Å². The molecular weight excluding hydrogens is 767 g/mol. The molecule has 0 spiro atoms. The van der Waals surface area contributed by atoms with Gasteiger partial charge in [-0.3, -0.25) is 9.59 Å². The van der Waals surface area contributed by atoms with E-state index in [0.29, 0.717) is 19.3 Å². The summed E-state index contributed by atoms with van der Waals surface area (Å²) >= 11 is 0. The fourth-order valence-corrected chi connectivity index (χ4v) is 8.53. The van der Waals surface area contributed by atoms with Crippen molar-refractivity contribution < 1.29 is 24.5 Å². The fourth-order valence-electron chi connectivity index (χ4n) is 8.53. The van der Waals surface area contributed by atoms with Crippen molar-refractivity contribution in [2.24, 2.45) is 0 Å². The number of hydrogen-bond donors (Lipinski definition) is 3. The third-order valence-corrected chi connectivity index (χ3v) is 12.8. The van der Waals surface area contributed by atoms with Gasteiger partial charge in [-0.15, -0.1) is 0 Å². The first-order valence-electron chi connectivity index (χ1n) is 27.6. The van der Waals surface area contributed by atoms with Crippen molar-refractivity contribution in [3.8, 4) is 0 Å². The molecule has 62 heavy (non-hydrogen) atoms. The first-order valence-corrected chi connectivity index (χ1v) is 27.6. The van der Waals surface area contributed by atoms with E-state index in [4.69, 9.17) is 4.74 Å². The van der Waals surface area contributed by atoms with Crippen LogP contribution in [0, 0.1) is 0 Å². The molecule has 0 fully saturated rings. The lowest BCUT2D eigenvalue weighted by atomic mass is 10.0. The van der Waals surface area contributed by atoms with Crippen molar-refractivity contribution in [1.82, 2.24) is 5.32 Å². The largest absolute Gasteiger partial charge is 0.462 e. The fraction of sp³-hybridized carbons (Fsp3) is 0.893. The highest BCUT2D eigenvalue weighted by Crippen LogP contribution is 2.18. The number of aliphatic hydroxyl groups is 2. The lowest BCUT2D eigenvalue weighted by Gasteiger charge is -2.24. The Kier molecular flexibility index (Phi) is 49.0. The van der Waals surface area contributed by atoms with Crippen molar-refractivity contribution in [3.63, 3.8) is 0 Å². The highest BCUT2D eigenvalue weighted by Gasteiger charge is 2.24. The van der Waals surface area contributed by atoms with Crippen LogP contribution in [-0.2, 0) is 14.3 Å². The molecule has 366 valence electrons. The normalized spacial score (nSPS) is 13.3. The van der Waals surface area contributed by atoms with Crippen LogP contribution >= 0.6 is 0 Å². The first kappa shape index (κ1) is 60.3. The van der Waals surface area contributed by atoms with Gasteiger partial charge in [0.25, 0.3) is 0 Å². The maximum Gasteiger partial charge on any atom is 0.306 e. The second-order valence-corrected chi connectivity index (χ2v) is 19.0. The standard InChI is InChI=1S/C56H107NO5/c1-4-7-10-13-16-19-22-24-26-27-29-31-34-36-39-42-45-48-54(59)53(51-58)57-55(60)50-52(62-56(61)49-46-43-40-37-32-21-18-15-12-9-6-3)47-44-41-38-35-33-30-28-25-23-20-17-14-11-8-5-2/h15,18,25,28,52-54,58-59H,4-14,16-17,19-24,26-27,29-51H2,1-3H3,(H,57,60)/b18-15-,28-25+. The molecule has 0 aromatic rings. The highest BCUT2D eigenvalue weighted by molar-refractivity contribution is 5.77. The van der Waals surface area contributed by atoms with Gasteiger partial charge in [0.2, 0.25) is 5.91 Å². The average Bonchev–Trinajstić information content (AvgIpc) is 3.26. The van der Waals surface area contributed by atoms with Crippen LogP contribution in [0.5, 0.6) is 0 Å². The van der Waals surface area contributed by atoms with E-state index in [2.05, 4.69) is 50.4 Å². The Morgan fingerprint density at radius 1 is 0.452 bits per heavy atom. The molecule has 0 heterocycles. The predicted molar refractivity (Wildman–Crippen MR) is 269 cm³/mol. The van der Waals surface area contributed by atoms with Gasteiger partial charge in [0, 0.05) is 6.42 Å².